The lowest BCUT2D eigenvalue weighted by atomic mass is 9.84. The molecule has 0 saturated carbocycles. The molecule has 0 radical (unpaired) electrons. The summed E-state index contributed by atoms with van der Waals surface area (Å²) in [5, 5.41) is 6.56. The molecule has 1 heterocycles. The molecule has 0 aromatic heterocycles. The monoisotopic (exact) mass is 439 g/mol. The molecule has 31 heavy (non-hydrogen) atoms. The number of rotatable bonds is 6. The summed E-state index contributed by atoms with van der Waals surface area (Å²) in [6.45, 7) is 3.68. The summed E-state index contributed by atoms with van der Waals surface area (Å²) in [6.07, 6.45) is 2.55. The fourth-order valence-corrected chi connectivity index (χ4v) is 4.99. The lowest BCUT2D eigenvalue weighted by Gasteiger charge is -2.34. The molecule has 162 valence electrons. The number of imide groups is 1. The molecule has 1 aliphatic heterocycles. The van der Waals surface area contributed by atoms with Gasteiger partial charge in [0.15, 0.2) is 0 Å². The van der Waals surface area contributed by atoms with Crippen molar-refractivity contribution in [1.29, 1.82) is 0 Å². The Morgan fingerprint density at radius 1 is 1.13 bits per heavy atom. The van der Waals surface area contributed by atoms with Gasteiger partial charge >= 0.3 is 6.03 Å². The first-order valence-corrected chi connectivity index (χ1v) is 11.0. The van der Waals surface area contributed by atoms with Crippen molar-refractivity contribution >= 4 is 29.4 Å². The van der Waals surface area contributed by atoms with E-state index in [0.29, 0.717) is 30.7 Å². The number of benzene rings is 2. The molecule has 1 unspecified atom stereocenters. The van der Waals surface area contributed by atoms with Gasteiger partial charge in [0.1, 0.15) is 12.1 Å². The van der Waals surface area contributed by atoms with E-state index >= 15 is 0 Å². The number of hydrogen-bond acceptors (Lipinski definition) is 3. The highest BCUT2D eigenvalue weighted by atomic mass is 35.5. The minimum Gasteiger partial charge on any atom is -0.345 e. The molecule has 4 amide bonds. The van der Waals surface area contributed by atoms with Crippen LogP contribution in [0.2, 0.25) is 5.02 Å². The van der Waals surface area contributed by atoms with Crippen LogP contribution in [0.3, 0.4) is 0 Å². The van der Waals surface area contributed by atoms with E-state index in [-0.39, 0.29) is 18.4 Å². The van der Waals surface area contributed by atoms with Crippen molar-refractivity contribution in [3.05, 3.63) is 70.2 Å². The number of nitrogens with one attached hydrogen (secondary N) is 2. The largest absolute Gasteiger partial charge is 0.345 e. The Morgan fingerprint density at radius 3 is 2.48 bits per heavy atom. The van der Waals surface area contributed by atoms with Gasteiger partial charge < -0.3 is 10.6 Å². The van der Waals surface area contributed by atoms with Crippen LogP contribution < -0.4 is 10.6 Å². The molecule has 1 spiro atoms. The van der Waals surface area contributed by atoms with Crippen LogP contribution in [0.25, 0.3) is 0 Å². The average Bonchev–Trinajstić information content (AvgIpc) is 3.26. The van der Waals surface area contributed by atoms with Gasteiger partial charge in [-0.1, -0.05) is 61.8 Å². The first kappa shape index (κ1) is 21.4. The molecule has 4 rings (SSSR count). The third-order valence-corrected chi connectivity index (χ3v) is 6.96. The zero-order chi connectivity index (χ0) is 22.2. The zero-order valence-electron chi connectivity index (χ0n) is 17.7. The maximum absolute atomic E-state index is 13.3. The number of aryl methyl sites for hydroxylation is 1. The molecular weight excluding hydrogens is 414 g/mol. The van der Waals surface area contributed by atoms with E-state index in [1.165, 1.54) is 0 Å². The summed E-state index contributed by atoms with van der Waals surface area (Å²) in [5.74, 6) is -0.729. The number of amides is 4. The van der Waals surface area contributed by atoms with Crippen LogP contribution in [-0.4, -0.2) is 29.3 Å². The number of nitrogens with zero attached hydrogens (tertiary/aromatic N) is 1. The predicted octanol–water partition coefficient (Wildman–Crippen LogP) is 3.87. The first-order valence-electron chi connectivity index (χ1n) is 10.6. The van der Waals surface area contributed by atoms with Gasteiger partial charge in [0.25, 0.3) is 5.91 Å². The fourth-order valence-electron chi connectivity index (χ4n) is 4.86. The molecule has 1 aliphatic carbocycles. The fraction of sp³-hybridized carbons (Fsp3) is 0.375. The molecular formula is C24H26ClN3O3. The smallest absolute Gasteiger partial charge is 0.325 e. The van der Waals surface area contributed by atoms with Crippen molar-refractivity contribution in [1.82, 2.24) is 15.5 Å². The lowest BCUT2D eigenvalue weighted by molar-refractivity contribution is -0.135. The Labute approximate surface area is 187 Å². The minimum absolute atomic E-state index is 0.316. The third kappa shape index (κ3) is 3.49. The number of urea groups is 1. The van der Waals surface area contributed by atoms with Crippen molar-refractivity contribution in [3.8, 4) is 0 Å². The Bertz CT molecular complexity index is 1030. The zero-order valence-corrected chi connectivity index (χ0v) is 18.5. The number of carbonyl (C=O) groups is 3. The van der Waals surface area contributed by atoms with Crippen LogP contribution in [0.15, 0.2) is 48.5 Å². The van der Waals surface area contributed by atoms with Gasteiger partial charge in [0, 0.05) is 5.02 Å². The van der Waals surface area contributed by atoms with E-state index in [1.807, 2.05) is 50.2 Å². The van der Waals surface area contributed by atoms with Gasteiger partial charge in [0.05, 0.1) is 5.54 Å². The molecule has 2 aromatic rings. The highest BCUT2D eigenvalue weighted by molar-refractivity contribution is 6.30. The standard InChI is InChI=1S/C24H26ClN3O3/c1-3-23(4-2,17-9-11-18(25)12-10-17)26-20(29)15-28-21(30)24(27-22(28)31)14-13-16-7-5-6-8-19(16)24/h5-12H,3-4,13-15H2,1-2H3,(H,26,29)(H,27,31). The van der Waals surface area contributed by atoms with Gasteiger partial charge in [-0.25, -0.2) is 4.79 Å². The number of carbonyl (C=O) groups excluding carboxylic acids is 3. The Balaban J connectivity index is 1.54. The topological polar surface area (TPSA) is 78.5 Å². The van der Waals surface area contributed by atoms with Gasteiger partial charge in [-0.05, 0) is 54.5 Å². The molecule has 2 N–H and O–H groups in total. The lowest BCUT2D eigenvalue weighted by Crippen LogP contribution is -2.50. The van der Waals surface area contributed by atoms with E-state index in [1.54, 1.807) is 12.1 Å². The van der Waals surface area contributed by atoms with Gasteiger partial charge in [-0.3, -0.25) is 14.5 Å². The maximum Gasteiger partial charge on any atom is 0.325 e. The highest BCUT2D eigenvalue weighted by Crippen LogP contribution is 2.41. The van der Waals surface area contributed by atoms with E-state index in [2.05, 4.69) is 10.6 Å². The van der Waals surface area contributed by atoms with Crippen LogP contribution in [0.4, 0.5) is 4.79 Å². The average molecular weight is 440 g/mol. The first-order chi connectivity index (χ1) is 14.8. The summed E-state index contributed by atoms with van der Waals surface area (Å²) in [4.78, 5) is 40.0. The molecule has 2 aromatic carbocycles. The maximum atomic E-state index is 13.3. The Hall–Kier alpha value is -2.86. The summed E-state index contributed by atoms with van der Waals surface area (Å²) < 4.78 is 0. The summed E-state index contributed by atoms with van der Waals surface area (Å²) in [7, 11) is 0. The van der Waals surface area contributed by atoms with E-state index in [9.17, 15) is 14.4 Å². The highest BCUT2D eigenvalue weighted by Gasteiger charge is 2.55. The molecule has 1 saturated heterocycles. The van der Waals surface area contributed by atoms with Crippen molar-refractivity contribution < 1.29 is 14.4 Å². The van der Waals surface area contributed by atoms with Crippen LogP contribution in [0.1, 0.15) is 49.8 Å². The second-order valence-corrected chi connectivity index (χ2v) is 8.66. The molecule has 2 aliphatic rings. The second-order valence-electron chi connectivity index (χ2n) is 8.23. The SMILES string of the molecule is CCC(CC)(NC(=O)CN1C(=O)NC2(CCc3ccccc32)C1=O)c1ccc(Cl)cc1. The van der Waals surface area contributed by atoms with E-state index in [0.717, 1.165) is 21.6 Å². The van der Waals surface area contributed by atoms with Crippen LogP contribution in [0, 0.1) is 0 Å². The summed E-state index contributed by atoms with van der Waals surface area (Å²) in [5.41, 5.74) is 1.17. The quantitative estimate of drug-likeness (QED) is 0.671. The third-order valence-electron chi connectivity index (χ3n) is 6.71. The Morgan fingerprint density at radius 2 is 1.81 bits per heavy atom. The predicted molar refractivity (Wildman–Crippen MR) is 119 cm³/mol. The molecule has 0 bridgehead atoms. The molecule has 6 nitrogen and oxygen atoms in total. The second kappa shape index (κ2) is 8.00. The normalized spacial score (nSPS) is 20.2. The minimum atomic E-state index is -1.06. The van der Waals surface area contributed by atoms with E-state index < -0.39 is 17.1 Å². The van der Waals surface area contributed by atoms with Gasteiger partial charge in [-0.15, -0.1) is 0 Å². The van der Waals surface area contributed by atoms with Crippen molar-refractivity contribution in [3.63, 3.8) is 0 Å². The Kier molecular flexibility index (Phi) is 5.52. The van der Waals surface area contributed by atoms with Crippen LogP contribution in [0.5, 0.6) is 0 Å². The van der Waals surface area contributed by atoms with Crippen LogP contribution >= 0.6 is 11.6 Å². The summed E-state index contributed by atoms with van der Waals surface area (Å²) in [6, 6.07) is 14.5. The van der Waals surface area contributed by atoms with Crippen molar-refractivity contribution in [2.75, 3.05) is 6.54 Å². The van der Waals surface area contributed by atoms with E-state index in [4.69, 9.17) is 11.6 Å². The number of hydrogen-bond donors (Lipinski definition) is 2. The van der Waals surface area contributed by atoms with Gasteiger partial charge in [0.2, 0.25) is 5.91 Å². The van der Waals surface area contributed by atoms with Crippen LogP contribution in [-0.2, 0) is 27.1 Å². The van der Waals surface area contributed by atoms with Crippen molar-refractivity contribution in [2.24, 2.45) is 0 Å². The molecule has 1 fully saturated rings. The van der Waals surface area contributed by atoms with Gasteiger partial charge in [-0.2, -0.15) is 0 Å². The molecule has 7 heteroatoms. The number of halogens is 1. The number of fused-ring (bicyclic) bond motifs is 2. The van der Waals surface area contributed by atoms with Crippen molar-refractivity contribution in [2.45, 2.75) is 50.6 Å². The molecule has 1 atom stereocenters. The summed E-state index contributed by atoms with van der Waals surface area (Å²) >= 11 is 6.02.